The summed E-state index contributed by atoms with van der Waals surface area (Å²) in [5, 5.41) is 13.0. The van der Waals surface area contributed by atoms with E-state index in [4.69, 9.17) is 5.11 Å². The van der Waals surface area contributed by atoms with E-state index in [1.165, 1.54) is 7.05 Å². The summed E-state index contributed by atoms with van der Waals surface area (Å²) >= 11 is 0. The molecule has 98 valence electrons. The maximum Gasteiger partial charge on any atom is 0.321 e. The van der Waals surface area contributed by atoms with Crippen molar-refractivity contribution in [3.8, 4) is 0 Å². The van der Waals surface area contributed by atoms with Gasteiger partial charge in [-0.05, 0) is 13.5 Å². The number of hydrogen-bond acceptors (Lipinski definition) is 4. The minimum absolute atomic E-state index is 0.00162. The van der Waals surface area contributed by atoms with Crippen LogP contribution < -0.4 is 10.6 Å². The molecule has 0 radical (unpaired) electrons. The zero-order valence-electron chi connectivity index (χ0n) is 10.3. The lowest BCUT2D eigenvalue weighted by Crippen LogP contribution is -2.46. The third kappa shape index (κ3) is 6.52. The number of carboxylic acids is 1. The Hall–Kier alpha value is -1.63. The van der Waals surface area contributed by atoms with Gasteiger partial charge in [0.15, 0.2) is 0 Å². The molecule has 0 bridgehead atoms. The highest BCUT2D eigenvalue weighted by molar-refractivity contribution is 5.95. The first kappa shape index (κ1) is 15.4. The van der Waals surface area contributed by atoms with Crippen LogP contribution in [0.2, 0.25) is 0 Å². The second-order valence-electron chi connectivity index (χ2n) is 3.64. The van der Waals surface area contributed by atoms with Crippen molar-refractivity contribution < 1.29 is 19.5 Å². The first-order chi connectivity index (χ1) is 7.90. The van der Waals surface area contributed by atoms with Crippen LogP contribution in [-0.4, -0.2) is 54.1 Å². The lowest BCUT2D eigenvalue weighted by molar-refractivity contribution is -0.138. The number of aliphatic carboxylic acids is 1. The summed E-state index contributed by atoms with van der Waals surface area (Å²) < 4.78 is 0. The fourth-order valence-corrected chi connectivity index (χ4v) is 1.37. The van der Waals surface area contributed by atoms with Gasteiger partial charge in [0.25, 0.3) is 0 Å². The maximum absolute atomic E-state index is 11.4. The van der Waals surface area contributed by atoms with Crippen LogP contribution in [0.25, 0.3) is 0 Å². The Morgan fingerprint density at radius 2 is 1.94 bits per heavy atom. The van der Waals surface area contributed by atoms with E-state index < -0.39 is 17.9 Å². The van der Waals surface area contributed by atoms with Crippen molar-refractivity contribution in [3.05, 3.63) is 0 Å². The number of hydrogen-bond donors (Lipinski definition) is 3. The number of imide groups is 1. The predicted molar refractivity (Wildman–Crippen MR) is 61.6 cm³/mol. The molecule has 7 heteroatoms. The van der Waals surface area contributed by atoms with Crippen LogP contribution in [0.15, 0.2) is 0 Å². The van der Waals surface area contributed by atoms with Crippen molar-refractivity contribution in [2.24, 2.45) is 0 Å². The van der Waals surface area contributed by atoms with Crippen LogP contribution >= 0.6 is 0 Å². The van der Waals surface area contributed by atoms with Gasteiger partial charge in [-0.3, -0.25) is 19.8 Å². The monoisotopic (exact) mass is 245 g/mol. The molecule has 0 saturated heterocycles. The van der Waals surface area contributed by atoms with E-state index in [0.717, 1.165) is 0 Å². The van der Waals surface area contributed by atoms with E-state index in [1.54, 1.807) is 11.8 Å². The maximum atomic E-state index is 11.4. The number of carbonyl (C=O) groups excluding carboxylic acids is 2. The molecule has 0 saturated carbocycles. The average Bonchev–Trinajstić information content (AvgIpc) is 2.24. The van der Waals surface area contributed by atoms with Crippen LogP contribution in [0, 0.1) is 0 Å². The quantitative estimate of drug-likeness (QED) is 0.593. The molecule has 0 spiro atoms. The van der Waals surface area contributed by atoms with Gasteiger partial charge < -0.3 is 10.4 Å². The Morgan fingerprint density at radius 3 is 2.35 bits per heavy atom. The lowest BCUT2D eigenvalue weighted by atomic mass is 10.2. The SMILES string of the molecule is CCN(CC(=O)NC(=O)NC)C(C)CC(=O)O. The standard InChI is InChI=1S/C10H19N3O4/c1-4-13(7(2)5-9(15)16)6-8(14)12-10(17)11-3/h7H,4-6H2,1-3H3,(H,15,16)(H2,11,12,14,17). The van der Waals surface area contributed by atoms with E-state index in [2.05, 4.69) is 10.6 Å². The predicted octanol–water partition coefficient (Wildman–Crippen LogP) is -0.373. The topological polar surface area (TPSA) is 98.7 Å². The third-order valence-electron chi connectivity index (χ3n) is 2.33. The van der Waals surface area contributed by atoms with Gasteiger partial charge in [-0.15, -0.1) is 0 Å². The molecule has 7 nitrogen and oxygen atoms in total. The highest BCUT2D eigenvalue weighted by Gasteiger charge is 2.18. The van der Waals surface area contributed by atoms with E-state index >= 15 is 0 Å². The summed E-state index contributed by atoms with van der Waals surface area (Å²) in [4.78, 5) is 34.5. The van der Waals surface area contributed by atoms with E-state index in [9.17, 15) is 14.4 Å². The normalized spacial score (nSPS) is 12.0. The molecule has 0 aliphatic rings. The van der Waals surface area contributed by atoms with Gasteiger partial charge >= 0.3 is 12.0 Å². The zero-order valence-corrected chi connectivity index (χ0v) is 10.3. The van der Waals surface area contributed by atoms with E-state index in [-0.39, 0.29) is 19.0 Å². The van der Waals surface area contributed by atoms with Crippen molar-refractivity contribution in [3.63, 3.8) is 0 Å². The second kappa shape index (κ2) is 7.61. The molecular weight excluding hydrogens is 226 g/mol. The molecule has 0 aliphatic heterocycles. The van der Waals surface area contributed by atoms with Crippen LogP contribution in [0.1, 0.15) is 20.3 Å². The Labute approximate surface area is 100 Å². The molecule has 0 heterocycles. The fraction of sp³-hybridized carbons (Fsp3) is 0.700. The third-order valence-corrected chi connectivity index (χ3v) is 2.33. The van der Waals surface area contributed by atoms with E-state index in [1.807, 2.05) is 6.92 Å². The minimum atomic E-state index is -0.914. The number of likely N-dealkylation sites (N-methyl/N-ethyl adjacent to an activating group) is 1. The highest BCUT2D eigenvalue weighted by atomic mass is 16.4. The van der Waals surface area contributed by atoms with Crippen LogP contribution in [0.5, 0.6) is 0 Å². The van der Waals surface area contributed by atoms with Crippen molar-refractivity contribution >= 4 is 17.9 Å². The number of nitrogens with one attached hydrogen (secondary N) is 2. The Kier molecular flexibility index (Phi) is 6.88. The first-order valence-electron chi connectivity index (χ1n) is 5.38. The molecular formula is C10H19N3O4. The van der Waals surface area contributed by atoms with Gasteiger partial charge in [0.1, 0.15) is 0 Å². The number of carbonyl (C=O) groups is 3. The molecule has 0 rings (SSSR count). The summed E-state index contributed by atoms with van der Waals surface area (Å²) in [7, 11) is 1.41. The van der Waals surface area contributed by atoms with Gasteiger partial charge in [-0.2, -0.15) is 0 Å². The molecule has 0 aromatic rings. The summed E-state index contributed by atoms with van der Waals surface area (Å²) in [6.07, 6.45) is -0.0406. The van der Waals surface area contributed by atoms with Gasteiger partial charge in [-0.1, -0.05) is 6.92 Å². The number of urea groups is 1. The molecule has 0 fully saturated rings. The second-order valence-corrected chi connectivity index (χ2v) is 3.64. The number of carboxylic acid groups (broad SMARTS) is 1. The van der Waals surface area contributed by atoms with Crippen LogP contribution in [0.4, 0.5) is 4.79 Å². The molecule has 3 amide bonds. The lowest BCUT2D eigenvalue weighted by Gasteiger charge is -2.25. The van der Waals surface area contributed by atoms with Crippen molar-refractivity contribution in [1.82, 2.24) is 15.5 Å². The van der Waals surface area contributed by atoms with Gasteiger partial charge in [-0.25, -0.2) is 4.79 Å². The van der Waals surface area contributed by atoms with Gasteiger partial charge in [0.05, 0.1) is 13.0 Å². The summed E-state index contributed by atoms with van der Waals surface area (Å²) in [6, 6.07) is -0.829. The van der Waals surface area contributed by atoms with Crippen LogP contribution in [-0.2, 0) is 9.59 Å². The summed E-state index contributed by atoms with van der Waals surface area (Å²) in [5.41, 5.74) is 0. The van der Waals surface area contributed by atoms with Gasteiger partial charge in [0.2, 0.25) is 5.91 Å². The van der Waals surface area contributed by atoms with Crippen LogP contribution in [0.3, 0.4) is 0 Å². The van der Waals surface area contributed by atoms with Gasteiger partial charge in [0, 0.05) is 13.1 Å². The molecule has 0 aromatic carbocycles. The minimum Gasteiger partial charge on any atom is -0.481 e. The number of nitrogens with zero attached hydrogens (tertiary/aromatic N) is 1. The highest BCUT2D eigenvalue weighted by Crippen LogP contribution is 2.03. The molecule has 1 atom stereocenters. The molecule has 1 unspecified atom stereocenters. The summed E-state index contributed by atoms with van der Waals surface area (Å²) in [6.45, 7) is 4.09. The molecule has 0 aliphatic carbocycles. The molecule has 0 aromatic heterocycles. The Balaban J connectivity index is 4.24. The largest absolute Gasteiger partial charge is 0.481 e. The van der Waals surface area contributed by atoms with Crippen molar-refractivity contribution in [2.75, 3.05) is 20.1 Å². The number of amides is 3. The molecule has 3 N–H and O–H groups in total. The van der Waals surface area contributed by atoms with E-state index in [0.29, 0.717) is 6.54 Å². The smallest absolute Gasteiger partial charge is 0.321 e. The van der Waals surface area contributed by atoms with Crippen molar-refractivity contribution in [1.29, 1.82) is 0 Å². The fourth-order valence-electron chi connectivity index (χ4n) is 1.37. The van der Waals surface area contributed by atoms with Crippen molar-refractivity contribution in [2.45, 2.75) is 26.3 Å². The summed E-state index contributed by atoms with van der Waals surface area (Å²) in [5.74, 6) is -1.37. The zero-order chi connectivity index (χ0) is 13.4. The first-order valence-corrected chi connectivity index (χ1v) is 5.38. The molecule has 17 heavy (non-hydrogen) atoms. The Bertz CT molecular complexity index is 293. The Morgan fingerprint density at radius 1 is 1.35 bits per heavy atom. The number of rotatable bonds is 6. The average molecular weight is 245 g/mol.